The molecule has 0 atom stereocenters. The Morgan fingerprint density at radius 3 is 2.40 bits per heavy atom. The molecule has 0 amide bonds. The number of nitrogens with one attached hydrogen (secondary N) is 1. The highest BCUT2D eigenvalue weighted by molar-refractivity contribution is 5.25. The summed E-state index contributed by atoms with van der Waals surface area (Å²) in [5.41, 5.74) is 2.97. The Hall–Kier alpha value is -0.830. The predicted molar refractivity (Wildman–Crippen MR) is 78.5 cm³/mol. The Balaban J connectivity index is 1.55. The molecule has 0 aromatic carbocycles. The molecule has 3 nitrogen and oxygen atoms in total. The van der Waals surface area contributed by atoms with Gasteiger partial charge in [-0.15, -0.1) is 0 Å². The van der Waals surface area contributed by atoms with E-state index in [-0.39, 0.29) is 0 Å². The maximum absolute atomic E-state index is 5.10. The first-order valence-corrected chi connectivity index (χ1v) is 8.56. The van der Waals surface area contributed by atoms with E-state index in [1.165, 1.54) is 42.9 Å². The van der Waals surface area contributed by atoms with E-state index in [1.54, 1.807) is 6.42 Å². The molecule has 0 unspecified atom stereocenters. The quantitative estimate of drug-likeness (QED) is 0.851. The van der Waals surface area contributed by atoms with Gasteiger partial charge in [0, 0.05) is 24.7 Å². The first kappa shape index (κ1) is 11.8. The number of aromatic nitrogens is 2. The van der Waals surface area contributed by atoms with E-state index < -0.39 is 0 Å². The van der Waals surface area contributed by atoms with Crippen LogP contribution in [0, 0.1) is 30.6 Å². The van der Waals surface area contributed by atoms with Crippen LogP contribution in [-0.4, -0.2) is 16.1 Å². The van der Waals surface area contributed by atoms with Crippen LogP contribution in [0.2, 0.25) is 0 Å². The van der Waals surface area contributed by atoms with E-state index in [4.69, 9.17) is 4.98 Å². The smallest absolute Gasteiger partial charge is 0.123 e. The van der Waals surface area contributed by atoms with E-state index in [9.17, 15) is 0 Å². The molecule has 4 bridgehead atoms. The third kappa shape index (κ3) is 1.53. The summed E-state index contributed by atoms with van der Waals surface area (Å²) in [5.74, 6) is 6.11. The second-order valence-corrected chi connectivity index (χ2v) is 7.78. The van der Waals surface area contributed by atoms with Gasteiger partial charge in [0.1, 0.15) is 5.82 Å². The largest absolute Gasteiger partial charge is 0.330 e. The second-order valence-electron chi connectivity index (χ2n) is 7.78. The molecule has 2 heterocycles. The summed E-state index contributed by atoms with van der Waals surface area (Å²) in [7, 11) is 0. The van der Waals surface area contributed by atoms with Crippen molar-refractivity contribution in [2.45, 2.75) is 58.0 Å². The lowest BCUT2D eigenvalue weighted by molar-refractivity contribution is -0.00430. The second kappa shape index (κ2) is 4.09. The van der Waals surface area contributed by atoms with Gasteiger partial charge in [-0.25, -0.2) is 4.98 Å². The molecule has 1 N–H and O–H groups in total. The fourth-order valence-corrected chi connectivity index (χ4v) is 6.12. The summed E-state index contributed by atoms with van der Waals surface area (Å²) in [6.45, 7) is 5.50. The molecule has 0 radical (unpaired) electrons. The molecule has 108 valence electrons. The fourth-order valence-electron chi connectivity index (χ4n) is 6.12. The minimum absolute atomic E-state index is 0.792. The number of imidazole rings is 1. The van der Waals surface area contributed by atoms with Crippen molar-refractivity contribution in [2.24, 2.45) is 23.7 Å². The third-order valence-electron chi connectivity index (χ3n) is 6.67. The van der Waals surface area contributed by atoms with Gasteiger partial charge < -0.3 is 9.88 Å². The molecule has 0 spiro atoms. The number of hydrogen-bond acceptors (Lipinski definition) is 2. The van der Waals surface area contributed by atoms with Crippen LogP contribution < -0.4 is 5.32 Å². The zero-order chi connectivity index (χ0) is 13.3. The summed E-state index contributed by atoms with van der Waals surface area (Å²) in [6.07, 6.45) is 7.53. The zero-order valence-electron chi connectivity index (χ0n) is 12.4. The van der Waals surface area contributed by atoms with Gasteiger partial charge in [0.2, 0.25) is 0 Å². The molecular weight excluding hydrogens is 246 g/mol. The Kier molecular flexibility index (Phi) is 2.41. The van der Waals surface area contributed by atoms with E-state index >= 15 is 0 Å². The number of fused-ring (bicyclic) bond motifs is 1. The van der Waals surface area contributed by atoms with Crippen molar-refractivity contribution in [1.82, 2.24) is 14.9 Å². The van der Waals surface area contributed by atoms with Crippen LogP contribution in [0.3, 0.4) is 0 Å². The highest BCUT2D eigenvalue weighted by Crippen LogP contribution is 2.59. The van der Waals surface area contributed by atoms with Gasteiger partial charge >= 0.3 is 0 Å². The molecule has 4 saturated carbocycles. The van der Waals surface area contributed by atoms with Gasteiger partial charge in [-0.05, 0) is 62.7 Å². The van der Waals surface area contributed by atoms with E-state index in [0.29, 0.717) is 0 Å². The standard InChI is InChI=1S/C17H25N3/c1-10-17(19-15-9-18-2-3-20(10)15)16-13-5-11-4-12(7-13)8-14(16)6-11/h11-14,16,18H,2-9H2,1H3. The minimum atomic E-state index is 0.792. The normalized spacial score (nSPS) is 42.0. The van der Waals surface area contributed by atoms with Crippen LogP contribution >= 0.6 is 0 Å². The van der Waals surface area contributed by atoms with E-state index in [0.717, 1.165) is 49.2 Å². The molecule has 5 aliphatic rings. The molecule has 1 aromatic rings. The average molecular weight is 271 g/mol. The predicted octanol–water partition coefficient (Wildman–Crippen LogP) is 2.83. The molecule has 3 heteroatoms. The number of nitrogens with zero attached hydrogens (tertiary/aromatic N) is 2. The maximum atomic E-state index is 5.10. The SMILES string of the molecule is Cc1c(C2C3CC4CC(C3)CC2C4)nc2n1CCNC2. The highest BCUT2D eigenvalue weighted by Gasteiger charge is 2.49. The first-order valence-electron chi connectivity index (χ1n) is 8.56. The molecule has 6 rings (SSSR count). The summed E-state index contributed by atoms with van der Waals surface area (Å²) in [5, 5.41) is 3.47. The van der Waals surface area contributed by atoms with Gasteiger partial charge in [0.15, 0.2) is 0 Å². The lowest BCUT2D eigenvalue weighted by Gasteiger charge is -2.54. The molecule has 1 aliphatic heterocycles. The highest BCUT2D eigenvalue weighted by atomic mass is 15.2. The minimum Gasteiger partial charge on any atom is -0.330 e. The first-order chi connectivity index (χ1) is 9.79. The van der Waals surface area contributed by atoms with Gasteiger partial charge in [-0.1, -0.05) is 0 Å². The summed E-state index contributed by atoms with van der Waals surface area (Å²) in [4.78, 5) is 5.10. The molecule has 0 saturated heterocycles. The fraction of sp³-hybridized carbons (Fsp3) is 0.824. The lowest BCUT2D eigenvalue weighted by Crippen LogP contribution is -2.44. The van der Waals surface area contributed by atoms with E-state index in [1.807, 2.05) is 0 Å². The van der Waals surface area contributed by atoms with Gasteiger partial charge in [-0.2, -0.15) is 0 Å². The van der Waals surface area contributed by atoms with Crippen LogP contribution in [0.1, 0.15) is 55.2 Å². The Morgan fingerprint density at radius 1 is 1.05 bits per heavy atom. The van der Waals surface area contributed by atoms with Crippen molar-refractivity contribution in [1.29, 1.82) is 0 Å². The lowest BCUT2D eigenvalue weighted by atomic mass is 9.51. The molecule has 4 aliphatic carbocycles. The molecule has 20 heavy (non-hydrogen) atoms. The number of rotatable bonds is 1. The average Bonchev–Trinajstić information content (AvgIpc) is 2.76. The summed E-state index contributed by atoms with van der Waals surface area (Å²) in [6, 6.07) is 0. The molecule has 1 aromatic heterocycles. The van der Waals surface area contributed by atoms with Crippen molar-refractivity contribution in [2.75, 3.05) is 6.54 Å². The Morgan fingerprint density at radius 2 is 1.75 bits per heavy atom. The van der Waals surface area contributed by atoms with Crippen LogP contribution in [0.25, 0.3) is 0 Å². The van der Waals surface area contributed by atoms with E-state index in [2.05, 4.69) is 16.8 Å². The monoisotopic (exact) mass is 271 g/mol. The summed E-state index contributed by atoms with van der Waals surface area (Å²) >= 11 is 0. The van der Waals surface area contributed by atoms with Crippen molar-refractivity contribution in [3.8, 4) is 0 Å². The van der Waals surface area contributed by atoms with Crippen LogP contribution in [0.4, 0.5) is 0 Å². The molecular formula is C17H25N3. The summed E-state index contributed by atoms with van der Waals surface area (Å²) < 4.78 is 2.48. The Bertz CT molecular complexity index is 517. The van der Waals surface area contributed by atoms with Crippen molar-refractivity contribution in [3.63, 3.8) is 0 Å². The van der Waals surface area contributed by atoms with Crippen molar-refractivity contribution >= 4 is 0 Å². The van der Waals surface area contributed by atoms with Crippen molar-refractivity contribution < 1.29 is 0 Å². The van der Waals surface area contributed by atoms with Gasteiger partial charge in [-0.3, -0.25) is 0 Å². The van der Waals surface area contributed by atoms with Gasteiger partial charge in [0.25, 0.3) is 0 Å². The Labute approximate surface area is 121 Å². The van der Waals surface area contributed by atoms with Crippen LogP contribution in [0.15, 0.2) is 0 Å². The maximum Gasteiger partial charge on any atom is 0.123 e. The third-order valence-corrected chi connectivity index (χ3v) is 6.67. The topological polar surface area (TPSA) is 29.9 Å². The number of hydrogen-bond donors (Lipinski definition) is 1. The van der Waals surface area contributed by atoms with Crippen molar-refractivity contribution in [3.05, 3.63) is 17.2 Å². The van der Waals surface area contributed by atoms with Gasteiger partial charge in [0.05, 0.1) is 12.2 Å². The van der Waals surface area contributed by atoms with Crippen LogP contribution in [-0.2, 0) is 13.1 Å². The zero-order valence-corrected chi connectivity index (χ0v) is 12.4. The molecule has 4 fully saturated rings. The van der Waals surface area contributed by atoms with Crippen LogP contribution in [0.5, 0.6) is 0 Å².